The Labute approximate surface area is 174 Å². The van der Waals surface area contributed by atoms with Gasteiger partial charge in [-0.25, -0.2) is 0 Å². The molecule has 1 N–H and O–H groups in total. The molecule has 1 amide bonds. The standard InChI is InChI=1S/C22H21Cl2NO3/c1-12-7-5-6-8-16(12)18-17(20(27)22(2,3)4)19(26)21(28)25(18)15-10-13(23)9-14(24)11-15/h5-11,18,26H,1-4H3. The molecule has 1 heterocycles. The molecule has 2 aromatic rings. The molecular formula is C22H21Cl2NO3. The lowest BCUT2D eigenvalue weighted by molar-refractivity contribution is -0.123. The van der Waals surface area contributed by atoms with Crippen LogP contribution >= 0.6 is 23.2 Å². The Kier molecular flexibility index (Phi) is 5.30. The van der Waals surface area contributed by atoms with Crippen LogP contribution in [-0.4, -0.2) is 16.8 Å². The zero-order chi connectivity index (χ0) is 20.8. The van der Waals surface area contributed by atoms with Crippen molar-refractivity contribution in [3.63, 3.8) is 0 Å². The average Bonchev–Trinajstić information content (AvgIpc) is 2.84. The van der Waals surface area contributed by atoms with Crippen LogP contribution in [0.2, 0.25) is 10.0 Å². The first-order valence-corrected chi connectivity index (χ1v) is 9.61. The highest BCUT2D eigenvalue weighted by atomic mass is 35.5. The van der Waals surface area contributed by atoms with Crippen molar-refractivity contribution >= 4 is 40.6 Å². The number of rotatable bonds is 3. The number of anilines is 1. The normalized spacial score (nSPS) is 17.4. The molecule has 4 nitrogen and oxygen atoms in total. The minimum absolute atomic E-state index is 0.0860. The highest BCUT2D eigenvalue weighted by Crippen LogP contribution is 2.45. The van der Waals surface area contributed by atoms with Crippen LogP contribution in [0, 0.1) is 12.3 Å². The van der Waals surface area contributed by atoms with Crippen molar-refractivity contribution in [2.45, 2.75) is 33.7 Å². The Hall–Kier alpha value is -2.30. The lowest BCUT2D eigenvalue weighted by Gasteiger charge is -2.30. The molecule has 2 aromatic carbocycles. The molecule has 0 saturated carbocycles. The number of nitrogens with zero attached hydrogens (tertiary/aromatic N) is 1. The molecule has 1 aliphatic heterocycles. The molecule has 1 atom stereocenters. The molecule has 0 fully saturated rings. The van der Waals surface area contributed by atoms with Gasteiger partial charge in [0.1, 0.15) is 0 Å². The van der Waals surface area contributed by atoms with E-state index < -0.39 is 23.1 Å². The first kappa shape index (κ1) is 20.4. The second kappa shape index (κ2) is 7.26. The van der Waals surface area contributed by atoms with E-state index in [4.69, 9.17) is 23.2 Å². The van der Waals surface area contributed by atoms with E-state index in [9.17, 15) is 14.7 Å². The Morgan fingerprint density at radius 2 is 1.64 bits per heavy atom. The molecule has 1 aliphatic rings. The van der Waals surface area contributed by atoms with E-state index >= 15 is 0 Å². The molecule has 0 saturated heterocycles. The van der Waals surface area contributed by atoms with E-state index in [1.165, 1.54) is 4.90 Å². The van der Waals surface area contributed by atoms with E-state index in [1.807, 2.05) is 31.2 Å². The van der Waals surface area contributed by atoms with Gasteiger partial charge in [-0.15, -0.1) is 0 Å². The molecule has 0 radical (unpaired) electrons. The maximum Gasteiger partial charge on any atom is 0.294 e. The van der Waals surface area contributed by atoms with Gasteiger partial charge in [0.05, 0.1) is 11.6 Å². The highest BCUT2D eigenvalue weighted by molar-refractivity contribution is 6.35. The summed E-state index contributed by atoms with van der Waals surface area (Å²) in [5, 5.41) is 11.4. The maximum atomic E-state index is 13.2. The Morgan fingerprint density at radius 1 is 1.07 bits per heavy atom. The topological polar surface area (TPSA) is 57.6 Å². The third-order valence-electron chi connectivity index (χ3n) is 4.74. The van der Waals surface area contributed by atoms with Crippen molar-refractivity contribution in [2.24, 2.45) is 5.41 Å². The number of hydrogen-bond donors (Lipinski definition) is 1. The van der Waals surface area contributed by atoms with Gasteiger partial charge < -0.3 is 5.11 Å². The van der Waals surface area contributed by atoms with Crippen LogP contribution in [-0.2, 0) is 9.59 Å². The molecule has 1 unspecified atom stereocenters. The Bertz CT molecular complexity index is 985. The first-order valence-electron chi connectivity index (χ1n) is 8.85. The smallest absolute Gasteiger partial charge is 0.294 e. The van der Waals surface area contributed by atoms with Crippen molar-refractivity contribution in [3.05, 3.63) is 75.0 Å². The number of halogens is 2. The summed E-state index contributed by atoms with van der Waals surface area (Å²) < 4.78 is 0. The SMILES string of the molecule is Cc1ccccc1C1C(C(=O)C(C)(C)C)=C(O)C(=O)N1c1cc(Cl)cc(Cl)c1. The van der Waals surface area contributed by atoms with E-state index in [1.54, 1.807) is 39.0 Å². The predicted octanol–water partition coefficient (Wildman–Crippen LogP) is 5.82. The third-order valence-corrected chi connectivity index (χ3v) is 5.18. The van der Waals surface area contributed by atoms with E-state index in [-0.39, 0.29) is 11.4 Å². The Morgan fingerprint density at radius 3 is 2.18 bits per heavy atom. The van der Waals surface area contributed by atoms with Crippen molar-refractivity contribution in [1.29, 1.82) is 0 Å². The van der Waals surface area contributed by atoms with E-state index in [0.29, 0.717) is 15.7 Å². The average molecular weight is 418 g/mol. The van der Waals surface area contributed by atoms with E-state index in [2.05, 4.69) is 0 Å². The van der Waals surface area contributed by atoms with Crippen LogP contribution in [0.25, 0.3) is 0 Å². The third kappa shape index (κ3) is 3.54. The van der Waals surface area contributed by atoms with Crippen molar-refractivity contribution in [1.82, 2.24) is 0 Å². The summed E-state index contributed by atoms with van der Waals surface area (Å²) in [6.07, 6.45) is 0. The fourth-order valence-corrected chi connectivity index (χ4v) is 3.89. The van der Waals surface area contributed by atoms with Gasteiger partial charge in [0.2, 0.25) is 0 Å². The summed E-state index contributed by atoms with van der Waals surface area (Å²) in [7, 11) is 0. The number of benzene rings is 2. The summed E-state index contributed by atoms with van der Waals surface area (Å²) >= 11 is 12.3. The fraction of sp³-hybridized carbons (Fsp3) is 0.273. The van der Waals surface area contributed by atoms with Crippen molar-refractivity contribution < 1.29 is 14.7 Å². The maximum absolute atomic E-state index is 13.2. The van der Waals surface area contributed by atoms with E-state index in [0.717, 1.165) is 11.1 Å². The minimum atomic E-state index is -0.771. The van der Waals surface area contributed by atoms with Gasteiger partial charge in [0.15, 0.2) is 11.5 Å². The summed E-state index contributed by atoms with van der Waals surface area (Å²) in [6.45, 7) is 7.17. The lowest BCUT2D eigenvalue weighted by Crippen LogP contribution is -2.33. The van der Waals surface area contributed by atoms with Gasteiger partial charge in [-0.05, 0) is 36.2 Å². The van der Waals surface area contributed by atoms with Gasteiger partial charge in [0, 0.05) is 21.1 Å². The van der Waals surface area contributed by atoms with Crippen LogP contribution in [0.4, 0.5) is 5.69 Å². The molecular weight excluding hydrogens is 397 g/mol. The highest BCUT2D eigenvalue weighted by Gasteiger charge is 2.47. The van der Waals surface area contributed by atoms with Crippen LogP contribution in [0.3, 0.4) is 0 Å². The van der Waals surface area contributed by atoms with Gasteiger partial charge in [-0.1, -0.05) is 68.2 Å². The zero-order valence-electron chi connectivity index (χ0n) is 16.1. The number of amides is 1. The summed E-state index contributed by atoms with van der Waals surface area (Å²) in [5.41, 5.74) is 1.38. The number of carbonyl (C=O) groups is 2. The number of aryl methyl sites for hydroxylation is 1. The predicted molar refractivity (Wildman–Crippen MR) is 112 cm³/mol. The largest absolute Gasteiger partial charge is 0.503 e. The summed E-state index contributed by atoms with van der Waals surface area (Å²) in [4.78, 5) is 27.6. The number of hydrogen-bond acceptors (Lipinski definition) is 3. The second-order valence-corrected chi connectivity index (χ2v) is 8.78. The lowest BCUT2D eigenvalue weighted by atomic mass is 9.81. The first-order chi connectivity index (χ1) is 13.0. The van der Waals surface area contributed by atoms with Crippen LogP contribution in [0.15, 0.2) is 53.8 Å². The Balaban J connectivity index is 2.27. The van der Waals surface area contributed by atoms with Crippen molar-refractivity contribution in [2.75, 3.05) is 4.90 Å². The molecule has 146 valence electrons. The fourth-order valence-electron chi connectivity index (χ4n) is 3.37. The number of aliphatic hydroxyl groups excluding tert-OH is 1. The van der Waals surface area contributed by atoms with Gasteiger partial charge in [0.25, 0.3) is 5.91 Å². The number of Topliss-reactive ketones (excluding diaryl/α,β-unsaturated/α-hetero) is 1. The molecule has 0 aliphatic carbocycles. The number of ketones is 1. The van der Waals surface area contributed by atoms with Crippen LogP contribution < -0.4 is 4.90 Å². The van der Waals surface area contributed by atoms with Crippen molar-refractivity contribution in [3.8, 4) is 0 Å². The summed E-state index contributed by atoms with van der Waals surface area (Å²) in [6, 6.07) is 11.4. The molecule has 0 aromatic heterocycles. The van der Waals surface area contributed by atoms with Gasteiger partial charge in [-0.2, -0.15) is 0 Å². The molecule has 6 heteroatoms. The molecule has 0 bridgehead atoms. The van der Waals surface area contributed by atoms with Gasteiger partial charge in [-0.3, -0.25) is 14.5 Å². The molecule has 3 rings (SSSR count). The number of aliphatic hydroxyl groups is 1. The second-order valence-electron chi connectivity index (χ2n) is 7.90. The number of carbonyl (C=O) groups excluding carboxylic acids is 2. The molecule has 0 spiro atoms. The quantitative estimate of drug-likeness (QED) is 0.684. The molecule has 28 heavy (non-hydrogen) atoms. The minimum Gasteiger partial charge on any atom is -0.503 e. The van der Waals surface area contributed by atoms with Crippen LogP contribution in [0.5, 0.6) is 0 Å². The van der Waals surface area contributed by atoms with Gasteiger partial charge >= 0.3 is 0 Å². The zero-order valence-corrected chi connectivity index (χ0v) is 17.6. The summed E-state index contributed by atoms with van der Waals surface area (Å²) in [5.74, 6) is -1.48. The van der Waals surface area contributed by atoms with Crippen LogP contribution in [0.1, 0.15) is 37.9 Å². The monoisotopic (exact) mass is 417 g/mol.